The molecule has 2 aromatic carbocycles. The van der Waals surface area contributed by atoms with Crippen LogP contribution in [0.3, 0.4) is 0 Å². The molecule has 118 valence electrons. The van der Waals surface area contributed by atoms with E-state index in [2.05, 4.69) is 4.72 Å². The first-order chi connectivity index (χ1) is 10.9. The number of fused-ring (bicyclic) bond motifs is 1. The topological polar surface area (TPSA) is 76.4 Å². The smallest absolute Gasteiger partial charge is 0.336 e. The number of anilines is 1. The molecule has 1 N–H and O–H groups in total. The number of sulfonamides is 1. The summed E-state index contributed by atoms with van der Waals surface area (Å²) >= 11 is 5.93. The third kappa shape index (κ3) is 3.09. The average Bonchev–Trinajstić information content (AvgIpc) is 2.46. The molecule has 0 spiro atoms. The third-order valence-corrected chi connectivity index (χ3v) is 5.21. The van der Waals surface area contributed by atoms with Crippen LogP contribution in [-0.2, 0) is 10.0 Å². The second-order valence-corrected chi connectivity index (χ2v) is 7.05. The maximum atomic E-state index is 12.4. The van der Waals surface area contributed by atoms with Gasteiger partial charge in [0.15, 0.2) is 0 Å². The Morgan fingerprint density at radius 3 is 2.57 bits per heavy atom. The Balaban J connectivity index is 2.05. The van der Waals surface area contributed by atoms with Crippen LogP contribution in [0.4, 0.5) is 5.69 Å². The molecule has 7 heteroatoms. The van der Waals surface area contributed by atoms with Crippen LogP contribution < -0.4 is 10.3 Å². The van der Waals surface area contributed by atoms with Crippen molar-refractivity contribution < 1.29 is 12.8 Å². The molecule has 0 unspecified atom stereocenters. The summed E-state index contributed by atoms with van der Waals surface area (Å²) in [5, 5.41) is 0.869. The highest BCUT2D eigenvalue weighted by atomic mass is 35.5. The second-order valence-electron chi connectivity index (χ2n) is 5.00. The maximum Gasteiger partial charge on any atom is 0.336 e. The fourth-order valence-electron chi connectivity index (χ4n) is 2.26. The molecule has 5 nitrogen and oxygen atoms in total. The Bertz CT molecular complexity index is 1060. The molecule has 3 rings (SSSR count). The summed E-state index contributed by atoms with van der Waals surface area (Å²) in [6.45, 7) is 1.78. The summed E-state index contributed by atoms with van der Waals surface area (Å²) in [7, 11) is -3.83. The molecular formula is C16H12ClNO4S. The SMILES string of the molecule is Cc1cc(=O)oc2cc(NS(=O)(=O)c3ccccc3Cl)ccc12. The monoisotopic (exact) mass is 349 g/mol. The quantitative estimate of drug-likeness (QED) is 0.733. The molecule has 1 aromatic heterocycles. The van der Waals surface area contributed by atoms with Gasteiger partial charge in [-0.05, 0) is 36.8 Å². The zero-order chi connectivity index (χ0) is 16.6. The van der Waals surface area contributed by atoms with Crippen molar-refractivity contribution in [3.8, 4) is 0 Å². The Morgan fingerprint density at radius 2 is 1.83 bits per heavy atom. The molecule has 0 fully saturated rings. The van der Waals surface area contributed by atoms with Crippen LogP contribution in [0.25, 0.3) is 11.0 Å². The molecule has 0 radical (unpaired) electrons. The predicted octanol–water partition coefficient (Wildman–Crippen LogP) is 3.56. The van der Waals surface area contributed by atoms with Gasteiger partial charge in [0.2, 0.25) is 0 Å². The van der Waals surface area contributed by atoms with E-state index < -0.39 is 15.6 Å². The molecule has 0 bridgehead atoms. The highest BCUT2D eigenvalue weighted by Gasteiger charge is 2.17. The first-order valence-corrected chi connectivity index (χ1v) is 8.55. The van der Waals surface area contributed by atoms with Gasteiger partial charge in [-0.1, -0.05) is 23.7 Å². The molecule has 0 saturated heterocycles. The lowest BCUT2D eigenvalue weighted by Crippen LogP contribution is -2.13. The second kappa shape index (κ2) is 5.72. The zero-order valence-corrected chi connectivity index (χ0v) is 13.6. The lowest BCUT2D eigenvalue weighted by Gasteiger charge is -2.10. The van der Waals surface area contributed by atoms with Gasteiger partial charge in [0.05, 0.1) is 10.7 Å². The van der Waals surface area contributed by atoms with Crippen molar-refractivity contribution in [2.75, 3.05) is 4.72 Å². The van der Waals surface area contributed by atoms with E-state index in [0.29, 0.717) is 5.58 Å². The van der Waals surface area contributed by atoms with E-state index >= 15 is 0 Å². The van der Waals surface area contributed by atoms with Crippen molar-refractivity contribution in [2.24, 2.45) is 0 Å². The third-order valence-electron chi connectivity index (χ3n) is 3.33. The number of aryl methyl sites for hydroxylation is 1. The van der Waals surface area contributed by atoms with Gasteiger partial charge in [-0.25, -0.2) is 13.2 Å². The standard InChI is InChI=1S/C16H12ClNO4S/c1-10-8-16(19)22-14-9-11(6-7-12(10)14)18-23(20,21)15-5-3-2-4-13(15)17/h2-9,18H,1H3. The van der Waals surface area contributed by atoms with Gasteiger partial charge in [0, 0.05) is 17.5 Å². The minimum absolute atomic E-state index is 0.0209. The van der Waals surface area contributed by atoms with Crippen LogP contribution in [0.1, 0.15) is 5.56 Å². The summed E-state index contributed by atoms with van der Waals surface area (Å²) in [6, 6.07) is 12.3. The molecule has 0 atom stereocenters. The number of halogens is 1. The van der Waals surface area contributed by atoms with E-state index in [-0.39, 0.29) is 15.6 Å². The number of hydrogen-bond donors (Lipinski definition) is 1. The first-order valence-electron chi connectivity index (χ1n) is 6.69. The molecule has 0 aliphatic carbocycles. The summed E-state index contributed by atoms with van der Waals surface area (Å²) in [6.07, 6.45) is 0. The molecular weight excluding hydrogens is 338 g/mol. The Morgan fingerprint density at radius 1 is 1.09 bits per heavy atom. The first kappa shape index (κ1) is 15.6. The van der Waals surface area contributed by atoms with E-state index in [0.717, 1.165) is 10.9 Å². The summed E-state index contributed by atoms with van der Waals surface area (Å²) < 4.78 is 32.4. The Kier molecular flexibility index (Phi) is 3.87. The molecule has 1 heterocycles. The summed E-state index contributed by atoms with van der Waals surface area (Å²) in [5.74, 6) is 0. The van der Waals surface area contributed by atoms with Gasteiger partial charge in [-0.3, -0.25) is 4.72 Å². The van der Waals surface area contributed by atoms with Crippen LogP contribution in [0, 0.1) is 6.92 Å². The molecule has 0 aliphatic heterocycles. The minimum Gasteiger partial charge on any atom is -0.423 e. The fourth-order valence-corrected chi connectivity index (χ4v) is 3.83. The van der Waals surface area contributed by atoms with Gasteiger partial charge in [-0.15, -0.1) is 0 Å². The molecule has 23 heavy (non-hydrogen) atoms. The minimum atomic E-state index is -3.83. The van der Waals surface area contributed by atoms with Gasteiger partial charge in [0.1, 0.15) is 10.5 Å². The maximum absolute atomic E-state index is 12.4. The highest BCUT2D eigenvalue weighted by molar-refractivity contribution is 7.92. The fraction of sp³-hybridized carbons (Fsp3) is 0.0625. The van der Waals surface area contributed by atoms with Gasteiger partial charge >= 0.3 is 5.63 Å². The van der Waals surface area contributed by atoms with Crippen LogP contribution >= 0.6 is 11.6 Å². The van der Waals surface area contributed by atoms with E-state index in [9.17, 15) is 13.2 Å². The van der Waals surface area contributed by atoms with Crippen molar-refractivity contribution in [3.05, 3.63) is 69.5 Å². The molecule has 0 saturated carbocycles. The normalized spacial score (nSPS) is 11.6. The van der Waals surface area contributed by atoms with E-state index in [4.69, 9.17) is 16.0 Å². The number of hydrogen-bond acceptors (Lipinski definition) is 4. The van der Waals surface area contributed by atoms with E-state index in [1.807, 2.05) is 0 Å². The van der Waals surface area contributed by atoms with Crippen LogP contribution in [-0.4, -0.2) is 8.42 Å². The van der Waals surface area contributed by atoms with Crippen molar-refractivity contribution in [3.63, 3.8) is 0 Å². The Hall–Kier alpha value is -2.31. The van der Waals surface area contributed by atoms with Crippen molar-refractivity contribution in [2.45, 2.75) is 11.8 Å². The van der Waals surface area contributed by atoms with Crippen LogP contribution in [0.2, 0.25) is 5.02 Å². The van der Waals surface area contributed by atoms with Crippen molar-refractivity contribution in [1.29, 1.82) is 0 Å². The average molecular weight is 350 g/mol. The molecule has 0 aliphatic rings. The molecule has 3 aromatic rings. The summed E-state index contributed by atoms with van der Waals surface area (Å²) in [5.41, 5.74) is 0.874. The Labute approximate surface area is 137 Å². The van der Waals surface area contributed by atoms with Crippen LogP contribution in [0.15, 0.2) is 62.6 Å². The highest BCUT2D eigenvalue weighted by Crippen LogP contribution is 2.25. The summed E-state index contributed by atoms with van der Waals surface area (Å²) in [4.78, 5) is 11.4. The van der Waals surface area contributed by atoms with E-state index in [1.54, 1.807) is 31.2 Å². The number of rotatable bonds is 3. The van der Waals surface area contributed by atoms with E-state index in [1.165, 1.54) is 24.3 Å². The lowest BCUT2D eigenvalue weighted by atomic mass is 10.1. The number of nitrogens with one attached hydrogen (secondary N) is 1. The zero-order valence-electron chi connectivity index (χ0n) is 12.0. The predicted molar refractivity (Wildman–Crippen MR) is 89.5 cm³/mol. The number of benzene rings is 2. The van der Waals surface area contributed by atoms with Gasteiger partial charge in [0.25, 0.3) is 10.0 Å². The lowest BCUT2D eigenvalue weighted by molar-refractivity contribution is 0.560. The van der Waals surface area contributed by atoms with Crippen molar-refractivity contribution in [1.82, 2.24) is 0 Å². The van der Waals surface area contributed by atoms with Crippen LogP contribution in [0.5, 0.6) is 0 Å². The van der Waals surface area contributed by atoms with Crippen molar-refractivity contribution >= 4 is 38.3 Å². The largest absolute Gasteiger partial charge is 0.423 e. The molecule has 0 amide bonds. The van der Waals surface area contributed by atoms with Gasteiger partial charge in [-0.2, -0.15) is 0 Å². The van der Waals surface area contributed by atoms with Gasteiger partial charge < -0.3 is 4.42 Å².